The molecule has 180 valence electrons. The monoisotopic (exact) mass is 471 g/mol. The van der Waals surface area contributed by atoms with Crippen molar-refractivity contribution in [1.29, 1.82) is 0 Å². The van der Waals surface area contributed by atoms with E-state index in [1.54, 1.807) is 0 Å². The van der Waals surface area contributed by atoms with Crippen molar-refractivity contribution in [2.45, 2.75) is 50.2 Å². The van der Waals surface area contributed by atoms with Gasteiger partial charge in [0.15, 0.2) is 11.9 Å². The Morgan fingerprint density at radius 2 is 2.15 bits per heavy atom. The number of aliphatic carboxylic acids is 1. The number of nitrogens with one attached hydrogen (secondary N) is 2. The van der Waals surface area contributed by atoms with Crippen molar-refractivity contribution in [3.8, 4) is 0 Å². The Balaban J connectivity index is 1.58. The Bertz CT molecular complexity index is 1190. The van der Waals surface area contributed by atoms with Gasteiger partial charge in [-0.1, -0.05) is 23.4 Å². The van der Waals surface area contributed by atoms with E-state index in [4.69, 9.17) is 20.5 Å². The first kappa shape index (κ1) is 23.2. The number of benzene rings is 1. The number of amides is 2. The highest BCUT2D eigenvalue weighted by Crippen LogP contribution is 2.26. The van der Waals surface area contributed by atoms with E-state index in [-0.39, 0.29) is 24.6 Å². The first-order chi connectivity index (χ1) is 16.3. The number of nitrogens with zero attached hydrogens (tertiary/aromatic N) is 3. The van der Waals surface area contributed by atoms with Gasteiger partial charge in [0.05, 0.1) is 6.04 Å². The van der Waals surface area contributed by atoms with Gasteiger partial charge in [0.1, 0.15) is 6.04 Å². The number of carbonyl (C=O) groups is 3. The van der Waals surface area contributed by atoms with Crippen LogP contribution in [0.1, 0.15) is 55.0 Å². The molecule has 0 radical (unpaired) electrons. The van der Waals surface area contributed by atoms with Crippen molar-refractivity contribution in [1.82, 2.24) is 25.3 Å². The molecule has 0 spiro atoms. The Morgan fingerprint density at radius 1 is 1.35 bits per heavy atom. The molecule has 2 amide bonds. The Morgan fingerprint density at radius 3 is 2.91 bits per heavy atom. The highest BCUT2D eigenvalue weighted by Gasteiger charge is 2.40. The summed E-state index contributed by atoms with van der Waals surface area (Å²) in [5.41, 5.74) is 7.85. The summed E-state index contributed by atoms with van der Waals surface area (Å²) in [7, 11) is 0. The third-order valence-electron chi connectivity index (χ3n) is 5.97. The summed E-state index contributed by atoms with van der Waals surface area (Å²) < 4.78 is 5.42. The molecule has 1 aliphatic heterocycles. The summed E-state index contributed by atoms with van der Waals surface area (Å²) >= 11 is 0. The van der Waals surface area contributed by atoms with Gasteiger partial charge in [-0.3, -0.25) is 4.79 Å². The van der Waals surface area contributed by atoms with E-state index in [2.05, 4.69) is 20.4 Å². The molecular weight excluding hydrogens is 444 g/mol. The third kappa shape index (κ3) is 5.01. The molecule has 1 aliphatic rings. The summed E-state index contributed by atoms with van der Waals surface area (Å²) in [6.45, 7) is 0.371. The molecule has 1 unspecified atom stereocenters. The summed E-state index contributed by atoms with van der Waals surface area (Å²) in [5, 5.41) is 24.1. The fourth-order valence-corrected chi connectivity index (χ4v) is 4.18. The minimum atomic E-state index is -0.979. The van der Waals surface area contributed by atoms with Crippen LogP contribution in [0.15, 0.2) is 35.0 Å². The maximum Gasteiger partial charge on any atom is 0.538 e. The van der Waals surface area contributed by atoms with Gasteiger partial charge in [-0.2, -0.15) is 4.98 Å². The van der Waals surface area contributed by atoms with Crippen LogP contribution in [0, 0.1) is 0 Å². The third-order valence-corrected chi connectivity index (χ3v) is 5.97. The lowest BCUT2D eigenvalue weighted by atomic mass is 10.0. The maximum atomic E-state index is 13.0. The van der Waals surface area contributed by atoms with Gasteiger partial charge in [0.2, 0.25) is 5.89 Å². The molecule has 12 heteroatoms. The lowest BCUT2D eigenvalue weighted by molar-refractivity contribution is -0.141. The normalized spacial score (nSPS) is 17.6. The van der Waals surface area contributed by atoms with Crippen LogP contribution in [0.3, 0.4) is 0 Å². The van der Waals surface area contributed by atoms with Crippen LogP contribution in [-0.4, -0.2) is 60.8 Å². The molecule has 3 atom stereocenters. The largest absolute Gasteiger partial charge is 0.563 e. The van der Waals surface area contributed by atoms with Crippen LogP contribution in [0.5, 0.6) is 0 Å². The lowest BCUT2D eigenvalue weighted by Crippen LogP contribution is -2.47. The van der Waals surface area contributed by atoms with Crippen molar-refractivity contribution < 1.29 is 29.1 Å². The Kier molecular flexibility index (Phi) is 6.77. The number of likely N-dealkylation sites (tertiary alicyclic amines) is 1. The second-order valence-electron chi connectivity index (χ2n) is 8.31. The van der Waals surface area contributed by atoms with E-state index in [1.165, 1.54) is 4.90 Å². The molecule has 1 saturated heterocycles. The quantitative estimate of drug-likeness (QED) is 0.334. The van der Waals surface area contributed by atoms with Crippen molar-refractivity contribution in [3.63, 3.8) is 0 Å². The van der Waals surface area contributed by atoms with Gasteiger partial charge in [-0.05, 0) is 30.9 Å². The molecule has 1 fully saturated rings. The van der Waals surface area contributed by atoms with E-state index in [0.717, 1.165) is 16.5 Å². The van der Waals surface area contributed by atoms with Crippen LogP contribution in [0.2, 0.25) is 0 Å². The standard InChI is InChI=1S/C22H26N6O6/c23-14(7-8-18(29)30)19-26-20(34-27-19)16(10-12-11-24-15-5-2-1-4-13(12)15)25-22(33)28-9-3-6-17(28)21(31)32/h1-2,4-5,11,14,16-17,24H,3,6-10,23H2,(H,25,33)(H,29,30)(H,31,32)/p+1/t14-,16-,17?/m0/s1. The van der Waals surface area contributed by atoms with Gasteiger partial charge in [-0.15, -0.1) is 0 Å². The van der Waals surface area contributed by atoms with E-state index in [9.17, 15) is 14.4 Å². The van der Waals surface area contributed by atoms with Crippen LogP contribution < -0.4 is 11.1 Å². The van der Waals surface area contributed by atoms with Crippen molar-refractivity contribution in [2.24, 2.45) is 5.73 Å². The molecule has 34 heavy (non-hydrogen) atoms. The number of aromatic nitrogens is 3. The fourth-order valence-electron chi connectivity index (χ4n) is 4.18. The number of nitrogens with two attached hydrogens (primary N) is 1. The zero-order valence-corrected chi connectivity index (χ0v) is 18.4. The van der Waals surface area contributed by atoms with Crippen molar-refractivity contribution in [3.05, 3.63) is 47.7 Å². The van der Waals surface area contributed by atoms with Crippen LogP contribution in [0.4, 0.5) is 4.79 Å². The van der Waals surface area contributed by atoms with Gasteiger partial charge in [0.25, 0.3) is 0 Å². The predicted molar refractivity (Wildman–Crippen MR) is 120 cm³/mol. The number of hydrogen-bond acceptors (Lipinski definition) is 7. The number of carbonyl (C=O) groups excluding carboxylic acids is 2. The molecule has 0 saturated carbocycles. The summed E-state index contributed by atoms with van der Waals surface area (Å²) in [5.74, 6) is -1.51. The Hall–Kier alpha value is -3.93. The maximum absolute atomic E-state index is 13.0. The van der Waals surface area contributed by atoms with Crippen LogP contribution in [-0.2, 0) is 16.0 Å². The Labute approximate surface area is 194 Å². The number of aromatic amines is 1. The van der Waals surface area contributed by atoms with Gasteiger partial charge in [-0.25, -0.2) is 4.79 Å². The lowest BCUT2D eigenvalue weighted by Gasteiger charge is -2.23. The molecule has 0 aliphatic carbocycles. The van der Waals surface area contributed by atoms with E-state index in [0.29, 0.717) is 25.8 Å². The second kappa shape index (κ2) is 9.91. The summed E-state index contributed by atoms with van der Waals surface area (Å²) in [4.78, 5) is 44.4. The van der Waals surface area contributed by atoms with E-state index < -0.39 is 36.1 Å². The molecule has 12 nitrogen and oxygen atoms in total. The molecule has 3 heterocycles. The number of H-pyrrole nitrogens is 1. The molecule has 1 aromatic carbocycles. The van der Waals surface area contributed by atoms with Gasteiger partial charge in [0, 0.05) is 41.3 Å². The molecular formula is C22H27N6O6+. The number of para-hydroxylation sites is 1. The van der Waals surface area contributed by atoms with E-state index >= 15 is 0 Å². The predicted octanol–water partition coefficient (Wildman–Crippen LogP) is 1.12. The number of hydrogen-bond donors (Lipinski definition) is 4. The van der Waals surface area contributed by atoms with Gasteiger partial charge < -0.3 is 35.7 Å². The molecule has 0 bridgehead atoms. The second-order valence-corrected chi connectivity index (χ2v) is 8.31. The smallest absolute Gasteiger partial charge is 0.538 e. The summed E-state index contributed by atoms with van der Waals surface area (Å²) in [6, 6.07) is 4.97. The summed E-state index contributed by atoms with van der Waals surface area (Å²) in [6.07, 6.45) is 3.23. The van der Waals surface area contributed by atoms with Crippen LogP contribution in [0.25, 0.3) is 10.9 Å². The molecule has 3 aromatic rings. The first-order valence-corrected chi connectivity index (χ1v) is 11.0. The SMILES string of the molecule is N[C@@H](CCC(=O)O)c1noc([C@H](Cc2c[nH]c3ccccc23)NC(=O)N2CCCC2C(=O)[OH2+])n1. The zero-order valence-electron chi connectivity index (χ0n) is 18.4. The molecule has 7 N–H and O–H groups in total. The van der Waals surface area contributed by atoms with Crippen LogP contribution >= 0.6 is 0 Å². The zero-order chi connectivity index (χ0) is 24.2. The highest BCUT2D eigenvalue weighted by molar-refractivity contribution is 5.84. The number of urea groups is 1. The van der Waals surface area contributed by atoms with Gasteiger partial charge >= 0.3 is 18.0 Å². The fraction of sp³-hybridized carbons (Fsp3) is 0.409. The highest BCUT2D eigenvalue weighted by atomic mass is 16.5. The number of fused-ring (bicyclic) bond motifs is 1. The topological polar surface area (TPSA) is 190 Å². The number of carboxylic acids is 1. The minimum Gasteiger partial charge on any atom is -0.563 e. The van der Waals surface area contributed by atoms with E-state index in [1.807, 2.05) is 30.5 Å². The average molecular weight is 471 g/mol. The number of carboxylic acid groups (broad SMARTS) is 1. The average Bonchev–Trinajstić information content (AvgIpc) is 3.56. The van der Waals surface area contributed by atoms with Crippen molar-refractivity contribution in [2.75, 3.05) is 6.54 Å². The molecule has 2 aromatic heterocycles. The molecule has 4 rings (SSSR count). The van der Waals surface area contributed by atoms with Crippen molar-refractivity contribution >= 4 is 28.9 Å². The minimum absolute atomic E-state index is 0.118. The number of rotatable bonds is 9. The first-order valence-electron chi connectivity index (χ1n) is 11.0.